The zero-order chi connectivity index (χ0) is 12.1. The molecule has 0 saturated carbocycles. The van der Waals surface area contributed by atoms with E-state index in [1.807, 2.05) is 13.8 Å². The first kappa shape index (κ1) is 12.4. The number of carbonyl (C=O) groups is 1. The Morgan fingerprint density at radius 2 is 2.31 bits per heavy atom. The average Bonchev–Trinajstić information content (AvgIpc) is 2.57. The van der Waals surface area contributed by atoms with Crippen molar-refractivity contribution in [1.82, 2.24) is 5.32 Å². The van der Waals surface area contributed by atoms with E-state index in [2.05, 4.69) is 11.2 Å². The summed E-state index contributed by atoms with van der Waals surface area (Å²) >= 11 is 0. The maximum absolute atomic E-state index is 11.9. The largest absolute Gasteiger partial charge is 0.466 e. The van der Waals surface area contributed by atoms with Crippen molar-refractivity contribution < 1.29 is 9.21 Å². The highest BCUT2D eigenvalue weighted by atomic mass is 16.3. The van der Waals surface area contributed by atoms with E-state index in [1.165, 1.54) is 0 Å². The molecule has 0 aliphatic carbocycles. The normalized spacial score (nSPS) is 11.9. The molecule has 0 aliphatic rings. The monoisotopic (exact) mass is 219 g/mol. The summed E-state index contributed by atoms with van der Waals surface area (Å²) in [6.45, 7) is 5.60. The Morgan fingerprint density at radius 3 is 2.75 bits per heavy atom. The molecule has 0 bridgehead atoms. The number of furan rings is 1. The van der Waals surface area contributed by atoms with Crippen LogP contribution < -0.4 is 5.32 Å². The van der Waals surface area contributed by atoms with Crippen LogP contribution in [0, 0.1) is 26.2 Å². The minimum atomic E-state index is -0.114. The molecule has 86 valence electrons. The van der Waals surface area contributed by atoms with E-state index in [0.717, 1.165) is 12.2 Å². The third kappa shape index (κ3) is 2.90. The first-order chi connectivity index (χ1) is 7.58. The van der Waals surface area contributed by atoms with E-state index in [9.17, 15) is 4.79 Å². The summed E-state index contributed by atoms with van der Waals surface area (Å²) in [5.74, 6) is 3.83. The lowest BCUT2D eigenvalue weighted by Crippen LogP contribution is -2.34. The Morgan fingerprint density at radius 1 is 1.62 bits per heavy atom. The van der Waals surface area contributed by atoms with Crippen LogP contribution in [-0.4, -0.2) is 11.9 Å². The average molecular weight is 219 g/mol. The number of hydrogen-bond donors (Lipinski definition) is 1. The van der Waals surface area contributed by atoms with Crippen LogP contribution in [0.4, 0.5) is 0 Å². The molecular weight excluding hydrogens is 202 g/mol. The zero-order valence-electron chi connectivity index (χ0n) is 9.96. The molecule has 1 unspecified atom stereocenters. The first-order valence-corrected chi connectivity index (χ1v) is 5.39. The summed E-state index contributed by atoms with van der Waals surface area (Å²) in [4.78, 5) is 11.9. The lowest BCUT2D eigenvalue weighted by Gasteiger charge is -2.13. The molecule has 1 rings (SSSR count). The van der Waals surface area contributed by atoms with Crippen LogP contribution in [0.25, 0.3) is 0 Å². The molecule has 1 aromatic heterocycles. The minimum absolute atomic E-state index is 0.0344. The van der Waals surface area contributed by atoms with Gasteiger partial charge < -0.3 is 9.73 Å². The number of amides is 1. The summed E-state index contributed by atoms with van der Waals surface area (Å²) in [6, 6.07) is 1.78. The number of terminal acetylenes is 1. The minimum Gasteiger partial charge on any atom is -0.466 e. The standard InChI is InChI=1S/C13H17NO2/c1-5-7-11(6-2)14-13(15)12-8-9(3)16-10(12)4/h1,8,11H,6-7H2,2-4H3,(H,14,15). The molecule has 16 heavy (non-hydrogen) atoms. The number of aryl methyl sites for hydroxylation is 2. The summed E-state index contributed by atoms with van der Waals surface area (Å²) in [5, 5.41) is 2.90. The highest BCUT2D eigenvalue weighted by Gasteiger charge is 2.16. The van der Waals surface area contributed by atoms with Gasteiger partial charge in [0.1, 0.15) is 11.5 Å². The Hall–Kier alpha value is -1.69. The summed E-state index contributed by atoms with van der Waals surface area (Å²) in [6.07, 6.45) is 6.61. The van der Waals surface area contributed by atoms with Gasteiger partial charge in [-0.1, -0.05) is 6.92 Å². The van der Waals surface area contributed by atoms with Crippen molar-refractivity contribution in [3.05, 3.63) is 23.2 Å². The number of nitrogens with one attached hydrogen (secondary N) is 1. The lowest BCUT2D eigenvalue weighted by atomic mass is 10.1. The van der Waals surface area contributed by atoms with Crippen LogP contribution in [-0.2, 0) is 0 Å². The predicted octanol–water partition coefficient (Wildman–Crippen LogP) is 2.43. The molecule has 0 spiro atoms. The smallest absolute Gasteiger partial charge is 0.255 e. The summed E-state index contributed by atoms with van der Waals surface area (Å²) < 4.78 is 5.31. The van der Waals surface area contributed by atoms with Crippen LogP contribution in [0.3, 0.4) is 0 Å². The van der Waals surface area contributed by atoms with Gasteiger partial charge in [0.25, 0.3) is 5.91 Å². The third-order valence-corrected chi connectivity index (χ3v) is 2.48. The van der Waals surface area contributed by atoms with E-state index < -0.39 is 0 Å². The molecule has 0 saturated heterocycles. The molecule has 1 heterocycles. The molecule has 0 aliphatic heterocycles. The van der Waals surface area contributed by atoms with Gasteiger partial charge in [-0.05, 0) is 26.3 Å². The summed E-state index contributed by atoms with van der Waals surface area (Å²) in [7, 11) is 0. The number of hydrogen-bond acceptors (Lipinski definition) is 2. The molecule has 0 radical (unpaired) electrons. The Labute approximate surface area is 96.2 Å². The molecule has 1 N–H and O–H groups in total. The highest BCUT2D eigenvalue weighted by molar-refractivity contribution is 5.95. The second-order valence-electron chi connectivity index (χ2n) is 3.81. The zero-order valence-corrected chi connectivity index (χ0v) is 9.96. The lowest BCUT2D eigenvalue weighted by molar-refractivity contribution is 0.0935. The van der Waals surface area contributed by atoms with Gasteiger partial charge in [0.05, 0.1) is 5.56 Å². The van der Waals surface area contributed by atoms with E-state index in [0.29, 0.717) is 17.7 Å². The maximum Gasteiger partial charge on any atom is 0.255 e. The summed E-state index contributed by atoms with van der Waals surface area (Å²) in [5.41, 5.74) is 0.591. The van der Waals surface area contributed by atoms with Gasteiger partial charge in [0.15, 0.2) is 0 Å². The SMILES string of the molecule is C#CCC(CC)NC(=O)c1cc(C)oc1C. The second-order valence-corrected chi connectivity index (χ2v) is 3.81. The van der Waals surface area contributed by atoms with Gasteiger partial charge in [-0.2, -0.15) is 0 Å². The Kier molecular flexibility index (Phi) is 4.19. The van der Waals surface area contributed by atoms with Crippen molar-refractivity contribution >= 4 is 5.91 Å². The van der Waals surface area contributed by atoms with E-state index >= 15 is 0 Å². The predicted molar refractivity (Wildman–Crippen MR) is 63.2 cm³/mol. The fraction of sp³-hybridized carbons (Fsp3) is 0.462. The van der Waals surface area contributed by atoms with Crippen LogP contribution in [0.5, 0.6) is 0 Å². The quantitative estimate of drug-likeness (QED) is 0.790. The van der Waals surface area contributed by atoms with Crippen molar-refractivity contribution in [2.75, 3.05) is 0 Å². The van der Waals surface area contributed by atoms with Gasteiger partial charge in [-0.25, -0.2) is 0 Å². The Balaban J connectivity index is 2.72. The van der Waals surface area contributed by atoms with E-state index in [4.69, 9.17) is 10.8 Å². The molecule has 0 aromatic carbocycles. The molecule has 1 amide bonds. The van der Waals surface area contributed by atoms with Crippen LogP contribution in [0.1, 0.15) is 41.6 Å². The number of carbonyl (C=O) groups excluding carboxylic acids is 1. The van der Waals surface area contributed by atoms with E-state index in [-0.39, 0.29) is 11.9 Å². The van der Waals surface area contributed by atoms with Crippen molar-refractivity contribution in [3.63, 3.8) is 0 Å². The Bertz CT molecular complexity index is 412. The molecule has 3 heteroatoms. The van der Waals surface area contributed by atoms with Crippen molar-refractivity contribution in [2.24, 2.45) is 0 Å². The van der Waals surface area contributed by atoms with Crippen molar-refractivity contribution in [3.8, 4) is 12.3 Å². The van der Waals surface area contributed by atoms with Crippen molar-refractivity contribution in [1.29, 1.82) is 0 Å². The fourth-order valence-corrected chi connectivity index (χ4v) is 1.56. The van der Waals surface area contributed by atoms with Crippen LogP contribution in [0.15, 0.2) is 10.5 Å². The van der Waals surface area contributed by atoms with Gasteiger partial charge in [-0.15, -0.1) is 12.3 Å². The molecular formula is C13H17NO2. The van der Waals surface area contributed by atoms with Gasteiger partial charge in [0, 0.05) is 12.5 Å². The molecule has 1 atom stereocenters. The first-order valence-electron chi connectivity index (χ1n) is 5.39. The molecule has 3 nitrogen and oxygen atoms in total. The topological polar surface area (TPSA) is 42.2 Å². The highest BCUT2D eigenvalue weighted by Crippen LogP contribution is 2.14. The third-order valence-electron chi connectivity index (χ3n) is 2.48. The molecule has 1 aromatic rings. The van der Waals surface area contributed by atoms with Crippen LogP contribution >= 0.6 is 0 Å². The van der Waals surface area contributed by atoms with Gasteiger partial charge >= 0.3 is 0 Å². The van der Waals surface area contributed by atoms with Crippen molar-refractivity contribution in [2.45, 2.75) is 39.7 Å². The van der Waals surface area contributed by atoms with Gasteiger partial charge in [0.2, 0.25) is 0 Å². The number of rotatable bonds is 4. The maximum atomic E-state index is 11.9. The van der Waals surface area contributed by atoms with E-state index in [1.54, 1.807) is 13.0 Å². The molecule has 0 fully saturated rings. The second kappa shape index (κ2) is 5.41. The van der Waals surface area contributed by atoms with Gasteiger partial charge in [-0.3, -0.25) is 4.79 Å². The fourth-order valence-electron chi connectivity index (χ4n) is 1.56. The van der Waals surface area contributed by atoms with Crippen LogP contribution in [0.2, 0.25) is 0 Å².